The molecule has 0 aliphatic heterocycles. The van der Waals surface area contributed by atoms with Crippen LogP contribution in [0, 0.1) is 0 Å². The molecule has 0 atom stereocenters. The van der Waals surface area contributed by atoms with E-state index in [4.69, 9.17) is 4.74 Å². The summed E-state index contributed by atoms with van der Waals surface area (Å²) in [5.41, 5.74) is 3.45. The third kappa shape index (κ3) is 2.98. The summed E-state index contributed by atoms with van der Waals surface area (Å²) in [4.78, 5) is 4.39. The van der Waals surface area contributed by atoms with Gasteiger partial charge in [-0.25, -0.2) is 0 Å². The van der Waals surface area contributed by atoms with Gasteiger partial charge in [-0.05, 0) is 23.3 Å². The average Bonchev–Trinajstić information content (AvgIpc) is 2.46. The largest absolute Gasteiger partial charge is 0.497 e. The minimum Gasteiger partial charge on any atom is -0.497 e. The molecule has 92 valence electrons. The molecule has 0 heterocycles. The Hall–Kier alpha value is -2.09. The Morgan fingerprint density at radius 2 is 1.83 bits per heavy atom. The highest BCUT2D eigenvalue weighted by molar-refractivity contribution is 6.02. The van der Waals surface area contributed by atoms with Crippen LogP contribution in [0.25, 0.3) is 0 Å². The summed E-state index contributed by atoms with van der Waals surface area (Å²) in [6, 6.07) is 18.4. The summed E-state index contributed by atoms with van der Waals surface area (Å²) < 4.78 is 5.24. The van der Waals surface area contributed by atoms with Gasteiger partial charge in [-0.2, -0.15) is 0 Å². The molecule has 0 unspecified atom stereocenters. The molecule has 2 aromatic rings. The minimum absolute atomic E-state index is 0.838. The molecular formula is C16H17NO. The smallest absolute Gasteiger partial charge is 0.119 e. The van der Waals surface area contributed by atoms with E-state index in [-0.39, 0.29) is 0 Å². The molecule has 0 N–H and O–H groups in total. The maximum atomic E-state index is 5.24. The zero-order valence-corrected chi connectivity index (χ0v) is 10.8. The maximum Gasteiger partial charge on any atom is 0.119 e. The molecule has 0 radical (unpaired) electrons. The topological polar surface area (TPSA) is 21.6 Å². The monoisotopic (exact) mass is 239 g/mol. The number of benzene rings is 2. The molecule has 0 saturated heterocycles. The summed E-state index contributed by atoms with van der Waals surface area (Å²) in [6.07, 6.45) is 0.838. The van der Waals surface area contributed by atoms with E-state index in [0.717, 1.165) is 23.4 Å². The number of aliphatic imine (C=N–C) groups is 1. The number of nitrogens with zero attached hydrogens (tertiary/aromatic N) is 1. The van der Waals surface area contributed by atoms with Crippen molar-refractivity contribution in [3.05, 3.63) is 65.7 Å². The van der Waals surface area contributed by atoms with Gasteiger partial charge in [0.1, 0.15) is 5.75 Å². The van der Waals surface area contributed by atoms with Crippen LogP contribution in [0.2, 0.25) is 0 Å². The van der Waals surface area contributed by atoms with Crippen LogP contribution in [-0.4, -0.2) is 19.9 Å². The quantitative estimate of drug-likeness (QED) is 0.750. The molecule has 18 heavy (non-hydrogen) atoms. The third-order valence-electron chi connectivity index (χ3n) is 2.89. The van der Waals surface area contributed by atoms with Gasteiger partial charge in [-0.1, -0.05) is 42.5 Å². The van der Waals surface area contributed by atoms with E-state index < -0.39 is 0 Å². The van der Waals surface area contributed by atoms with Crippen molar-refractivity contribution in [1.29, 1.82) is 0 Å². The predicted octanol–water partition coefficient (Wildman–Crippen LogP) is 3.36. The Morgan fingerprint density at radius 3 is 2.50 bits per heavy atom. The number of hydrogen-bond donors (Lipinski definition) is 0. The van der Waals surface area contributed by atoms with Crippen LogP contribution in [0.4, 0.5) is 0 Å². The number of rotatable bonds is 4. The molecule has 2 rings (SSSR count). The van der Waals surface area contributed by atoms with E-state index in [1.54, 1.807) is 7.11 Å². The van der Waals surface area contributed by atoms with Gasteiger partial charge < -0.3 is 4.74 Å². The highest BCUT2D eigenvalue weighted by Gasteiger charge is 2.05. The highest BCUT2D eigenvalue weighted by Crippen LogP contribution is 2.15. The third-order valence-corrected chi connectivity index (χ3v) is 2.89. The van der Waals surface area contributed by atoms with Crippen LogP contribution in [0.3, 0.4) is 0 Å². The van der Waals surface area contributed by atoms with Gasteiger partial charge in [0, 0.05) is 19.2 Å². The second kappa shape index (κ2) is 6.01. The second-order valence-electron chi connectivity index (χ2n) is 4.06. The lowest BCUT2D eigenvalue weighted by molar-refractivity contribution is 0.414. The summed E-state index contributed by atoms with van der Waals surface area (Å²) in [6.45, 7) is 0. The maximum absolute atomic E-state index is 5.24. The SMILES string of the molecule is C/N=C(/Cc1ccccc1)c1cccc(OC)c1. The molecule has 0 saturated carbocycles. The van der Waals surface area contributed by atoms with Gasteiger partial charge >= 0.3 is 0 Å². The van der Waals surface area contributed by atoms with Gasteiger partial charge in [0.2, 0.25) is 0 Å². The fraction of sp³-hybridized carbons (Fsp3) is 0.188. The van der Waals surface area contributed by atoms with Crippen molar-refractivity contribution in [1.82, 2.24) is 0 Å². The Labute approximate surface area is 108 Å². The van der Waals surface area contributed by atoms with Crippen LogP contribution in [0.5, 0.6) is 5.75 Å². The molecular weight excluding hydrogens is 222 g/mol. The van der Waals surface area contributed by atoms with E-state index in [9.17, 15) is 0 Å². The molecule has 0 amide bonds. The molecule has 0 fully saturated rings. The number of hydrogen-bond acceptors (Lipinski definition) is 2. The molecule has 0 bridgehead atoms. The number of methoxy groups -OCH3 is 1. The standard InChI is InChI=1S/C16H17NO/c1-17-16(11-13-7-4-3-5-8-13)14-9-6-10-15(12-14)18-2/h3-10,12H,11H2,1-2H3/b17-16-. The fourth-order valence-corrected chi connectivity index (χ4v) is 1.90. The van der Waals surface area contributed by atoms with Crippen LogP contribution in [-0.2, 0) is 6.42 Å². The van der Waals surface area contributed by atoms with Crippen molar-refractivity contribution in [2.75, 3.05) is 14.2 Å². The lowest BCUT2D eigenvalue weighted by Crippen LogP contribution is -2.05. The van der Waals surface area contributed by atoms with Crippen LogP contribution < -0.4 is 4.74 Å². The van der Waals surface area contributed by atoms with Crippen molar-refractivity contribution in [3.8, 4) is 5.75 Å². The van der Waals surface area contributed by atoms with Crippen molar-refractivity contribution < 1.29 is 4.74 Å². The second-order valence-corrected chi connectivity index (χ2v) is 4.06. The van der Waals surface area contributed by atoms with E-state index in [1.165, 1.54) is 5.56 Å². The van der Waals surface area contributed by atoms with Crippen molar-refractivity contribution in [2.24, 2.45) is 4.99 Å². The summed E-state index contributed by atoms with van der Waals surface area (Å²) in [5.74, 6) is 0.863. The lowest BCUT2D eigenvalue weighted by atomic mass is 10.0. The lowest BCUT2D eigenvalue weighted by Gasteiger charge is -2.08. The minimum atomic E-state index is 0.838. The first-order valence-corrected chi connectivity index (χ1v) is 5.97. The van der Waals surface area contributed by atoms with Gasteiger partial charge in [-0.15, -0.1) is 0 Å². The van der Waals surface area contributed by atoms with E-state index >= 15 is 0 Å². The van der Waals surface area contributed by atoms with E-state index in [0.29, 0.717) is 0 Å². The predicted molar refractivity (Wildman–Crippen MR) is 75.6 cm³/mol. The normalized spacial score (nSPS) is 11.3. The summed E-state index contributed by atoms with van der Waals surface area (Å²) in [7, 11) is 3.51. The van der Waals surface area contributed by atoms with Gasteiger partial charge in [0.15, 0.2) is 0 Å². The van der Waals surface area contributed by atoms with Gasteiger partial charge in [-0.3, -0.25) is 4.99 Å². The highest BCUT2D eigenvalue weighted by atomic mass is 16.5. The molecule has 2 nitrogen and oxygen atoms in total. The van der Waals surface area contributed by atoms with Crippen molar-refractivity contribution in [3.63, 3.8) is 0 Å². The van der Waals surface area contributed by atoms with E-state index in [1.807, 2.05) is 43.4 Å². The average molecular weight is 239 g/mol. The van der Waals surface area contributed by atoms with Gasteiger partial charge in [0.25, 0.3) is 0 Å². The van der Waals surface area contributed by atoms with Crippen LogP contribution >= 0.6 is 0 Å². The summed E-state index contributed by atoms with van der Waals surface area (Å²) in [5, 5.41) is 0. The van der Waals surface area contributed by atoms with Crippen molar-refractivity contribution >= 4 is 5.71 Å². The summed E-state index contributed by atoms with van der Waals surface area (Å²) >= 11 is 0. The first kappa shape index (κ1) is 12.4. The molecule has 2 heteroatoms. The van der Waals surface area contributed by atoms with Crippen LogP contribution in [0.15, 0.2) is 59.6 Å². The zero-order chi connectivity index (χ0) is 12.8. The van der Waals surface area contributed by atoms with E-state index in [2.05, 4.69) is 23.2 Å². The molecule has 0 aliphatic rings. The Morgan fingerprint density at radius 1 is 1.06 bits per heavy atom. The Balaban J connectivity index is 2.24. The Kier molecular flexibility index (Phi) is 4.13. The number of ether oxygens (including phenoxy) is 1. The Bertz CT molecular complexity index is 532. The van der Waals surface area contributed by atoms with Crippen molar-refractivity contribution in [2.45, 2.75) is 6.42 Å². The first-order chi connectivity index (χ1) is 8.83. The molecule has 0 aromatic heterocycles. The fourth-order valence-electron chi connectivity index (χ4n) is 1.90. The molecule has 2 aromatic carbocycles. The zero-order valence-electron chi connectivity index (χ0n) is 10.8. The van der Waals surface area contributed by atoms with Crippen LogP contribution in [0.1, 0.15) is 11.1 Å². The molecule has 0 spiro atoms. The first-order valence-electron chi connectivity index (χ1n) is 5.97. The van der Waals surface area contributed by atoms with Gasteiger partial charge in [0.05, 0.1) is 7.11 Å². The molecule has 0 aliphatic carbocycles.